The van der Waals surface area contributed by atoms with Crippen molar-refractivity contribution in [1.29, 1.82) is 0 Å². The molecule has 0 spiro atoms. The highest BCUT2D eigenvalue weighted by Crippen LogP contribution is 2.09. The summed E-state index contributed by atoms with van der Waals surface area (Å²) in [6.45, 7) is 8.26. The minimum atomic E-state index is -0.107. The summed E-state index contributed by atoms with van der Waals surface area (Å²) in [6.07, 6.45) is 8.18. The zero-order chi connectivity index (χ0) is 15.1. The Bertz CT molecular complexity index is 681. The number of carbonyl (C=O) groups excluding carboxylic acids is 1. The van der Waals surface area contributed by atoms with Gasteiger partial charge in [0.1, 0.15) is 0 Å². The van der Waals surface area contributed by atoms with Gasteiger partial charge in [-0.2, -0.15) is 0 Å². The van der Waals surface area contributed by atoms with Crippen LogP contribution in [0.5, 0.6) is 0 Å². The number of amides is 1. The smallest absolute Gasteiger partial charge is 0.247 e. The summed E-state index contributed by atoms with van der Waals surface area (Å²) in [4.78, 5) is 22.4. The van der Waals surface area contributed by atoms with Gasteiger partial charge in [0, 0.05) is 19.2 Å². The number of carbonyl (C=O) groups is 1. The SMILES string of the molecule is C=CCN(CC=C)C(=O)C=Cc1cnc2ccccc2n1. The third-order valence-corrected chi connectivity index (χ3v) is 2.87. The number of rotatable bonds is 6. The van der Waals surface area contributed by atoms with E-state index in [1.54, 1.807) is 29.3 Å². The van der Waals surface area contributed by atoms with E-state index in [1.165, 1.54) is 6.08 Å². The van der Waals surface area contributed by atoms with E-state index in [2.05, 4.69) is 23.1 Å². The van der Waals surface area contributed by atoms with Crippen LogP contribution in [0.4, 0.5) is 0 Å². The van der Waals surface area contributed by atoms with Crippen LogP contribution in [0.3, 0.4) is 0 Å². The van der Waals surface area contributed by atoms with Crippen LogP contribution in [0.2, 0.25) is 0 Å². The maximum Gasteiger partial charge on any atom is 0.247 e. The number of benzene rings is 1. The Balaban J connectivity index is 2.15. The van der Waals surface area contributed by atoms with E-state index < -0.39 is 0 Å². The number of hydrogen-bond acceptors (Lipinski definition) is 3. The predicted molar refractivity (Wildman–Crippen MR) is 85.5 cm³/mol. The average Bonchev–Trinajstić information content (AvgIpc) is 2.52. The molecule has 4 heteroatoms. The molecule has 2 aromatic rings. The van der Waals surface area contributed by atoms with Gasteiger partial charge in [-0.3, -0.25) is 9.78 Å². The van der Waals surface area contributed by atoms with Crippen molar-refractivity contribution in [2.45, 2.75) is 0 Å². The predicted octanol–water partition coefficient (Wildman–Crippen LogP) is 2.84. The van der Waals surface area contributed by atoms with E-state index in [-0.39, 0.29) is 5.91 Å². The van der Waals surface area contributed by atoms with Gasteiger partial charge in [-0.15, -0.1) is 13.2 Å². The fourth-order valence-electron chi connectivity index (χ4n) is 1.88. The van der Waals surface area contributed by atoms with Crippen LogP contribution >= 0.6 is 0 Å². The molecule has 0 radical (unpaired) electrons. The highest BCUT2D eigenvalue weighted by Gasteiger charge is 2.06. The summed E-state index contributed by atoms with van der Waals surface area (Å²) in [5.74, 6) is -0.107. The van der Waals surface area contributed by atoms with Gasteiger partial charge < -0.3 is 4.90 Å². The number of fused-ring (bicyclic) bond motifs is 1. The van der Waals surface area contributed by atoms with Gasteiger partial charge in [-0.25, -0.2) is 4.98 Å². The number of nitrogens with zero attached hydrogens (tertiary/aromatic N) is 3. The lowest BCUT2D eigenvalue weighted by Crippen LogP contribution is -2.29. The molecule has 0 N–H and O–H groups in total. The standard InChI is InChI=1S/C17H17N3O/c1-3-11-20(12-4-2)17(21)10-9-14-13-18-15-7-5-6-8-16(15)19-14/h3-10,13H,1-2,11-12H2. The highest BCUT2D eigenvalue weighted by atomic mass is 16.2. The van der Waals surface area contributed by atoms with Crippen LogP contribution in [0, 0.1) is 0 Å². The number of hydrogen-bond donors (Lipinski definition) is 0. The molecule has 106 valence electrons. The summed E-state index contributed by atoms with van der Waals surface area (Å²) < 4.78 is 0. The fourth-order valence-corrected chi connectivity index (χ4v) is 1.88. The Labute approximate surface area is 124 Å². The fraction of sp³-hybridized carbons (Fsp3) is 0.118. The van der Waals surface area contributed by atoms with Crippen molar-refractivity contribution in [3.8, 4) is 0 Å². The molecule has 1 amide bonds. The summed E-state index contributed by atoms with van der Waals surface area (Å²) in [7, 11) is 0. The molecular weight excluding hydrogens is 262 g/mol. The molecule has 1 aromatic carbocycles. The average molecular weight is 279 g/mol. The van der Waals surface area contributed by atoms with E-state index in [1.807, 2.05) is 24.3 Å². The molecule has 0 saturated carbocycles. The normalized spacial score (nSPS) is 10.7. The molecule has 0 fully saturated rings. The summed E-state index contributed by atoms with van der Waals surface area (Å²) in [6, 6.07) is 7.62. The number of aromatic nitrogens is 2. The quantitative estimate of drug-likeness (QED) is 0.603. The molecule has 0 aliphatic heterocycles. The molecule has 1 heterocycles. The monoisotopic (exact) mass is 279 g/mol. The van der Waals surface area contributed by atoms with E-state index in [0.717, 1.165) is 11.0 Å². The van der Waals surface area contributed by atoms with Crippen molar-refractivity contribution >= 4 is 23.0 Å². The van der Waals surface area contributed by atoms with Crippen LogP contribution in [0.25, 0.3) is 17.1 Å². The first-order valence-corrected chi connectivity index (χ1v) is 6.65. The van der Waals surface area contributed by atoms with E-state index in [4.69, 9.17) is 0 Å². The third-order valence-electron chi connectivity index (χ3n) is 2.87. The van der Waals surface area contributed by atoms with Gasteiger partial charge >= 0.3 is 0 Å². The second kappa shape index (κ2) is 7.14. The lowest BCUT2D eigenvalue weighted by molar-refractivity contribution is -0.124. The molecule has 0 aliphatic carbocycles. The second-order valence-corrected chi connectivity index (χ2v) is 4.44. The van der Waals surface area contributed by atoms with Crippen molar-refractivity contribution in [1.82, 2.24) is 14.9 Å². The van der Waals surface area contributed by atoms with Crippen LogP contribution in [-0.2, 0) is 4.79 Å². The number of para-hydroxylation sites is 2. The Morgan fingerprint density at radius 1 is 1.14 bits per heavy atom. The van der Waals surface area contributed by atoms with Gasteiger partial charge in [0.05, 0.1) is 22.9 Å². The molecular formula is C17H17N3O. The molecule has 2 rings (SSSR count). The molecule has 0 aliphatic rings. The molecule has 4 nitrogen and oxygen atoms in total. The lowest BCUT2D eigenvalue weighted by Gasteiger charge is -2.16. The van der Waals surface area contributed by atoms with Gasteiger partial charge in [0.25, 0.3) is 0 Å². The minimum absolute atomic E-state index is 0.107. The summed E-state index contributed by atoms with van der Waals surface area (Å²) in [5.41, 5.74) is 2.29. The third kappa shape index (κ3) is 3.86. The Morgan fingerprint density at radius 2 is 1.81 bits per heavy atom. The first kappa shape index (κ1) is 14.7. The van der Waals surface area contributed by atoms with Crippen molar-refractivity contribution in [3.63, 3.8) is 0 Å². The van der Waals surface area contributed by atoms with Crippen LogP contribution in [-0.4, -0.2) is 33.9 Å². The van der Waals surface area contributed by atoms with Crippen LogP contribution in [0.1, 0.15) is 5.69 Å². The first-order chi connectivity index (χ1) is 10.2. The lowest BCUT2D eigenvalue weighted by atomic mass is 10.3. The Kier molecular flexibility index (Phi) is 4.99. The van der Waals surface area contributed by atoms with Crippen molar-refractivity contribution in [3.05, 3.63) is 67.5 Å². The van der Waals surface area contributed by atoms with Crippen molar-refractivity contribution in [2.75, 3.05) is 13.1 Å². The second-order valence-electron chi connectivity index (χ2n) is 4.44. The zero-order valence-corrected chi connectivity index (χ0v) is 11.8. The van der Waals surface area contributed by atoms with Crippen LogP contribution < -0.4 is 0 Å². The first-order valence-electron chi connectivity index (χ1n) is 6.65. The molecule has 21 heavy (non-hydrogen) atoms. The summed E-state index contributed by atoms with van der Waals surface area (Å²) >= 11 is 0. The molecule has 0 atom stereocenters. The maximum absolute atomic E-state index is 12.1. The van der Waals surface area contributed by atoms with E-state index in [0.29, 0.717) is 18.8 Å². The largest absolute Gasteiger partial charge is 0.332 e. The van der Waals surface area contributed by atoms with Gasteiger partial charge in [0.15, 0.2) is 0 Å². The Hall–Kier alpha value is -2.75. The van der Waals surface area contributed by atoms with Crippen molar-refractivity contribution < 1.29 is 4.79 Å². The highest BCUT2D eigenvalue weighted by molar-refractivity contribution is 5.92. The Morgan fingerprint density at radius 3 is 2.48 bits per heavy atom. The molecule has 0 unspecified atom stereocenters. The van der Waals surface area contributed by atoms with Crippen molar-refractivity contribution in [2.24, 2.45) is 0 Å². The topological polar surface area (TPSA) is 46.1 Å². The van der Waals surface area contributed by atoms with Gasteiger partial charge in [-0.1, -0.05) is 24.3 Å². The maximum atomic E-state index is 12.1. The van der Waals surface area contributed by atoms with E-state index in [9.17, 15) is 4.79 Å². The minimum Gasteiger partial charge on any atom is -0.332 e. The summed E-state index contributed by atoms with van der Waals surface area (Å²) in [5, 5.41) is 0. The van der Waals surface area contributed by atoms with Crippen LogP contribution in [0.15, 0.2) is 61.8 Å². The van der Waals surface area contributed by atoms with E-state index >= 15 is 0 Å². The molecule has 0 bridgehead atoms. The molecule has 1 aromatic heterocycles. The van der Waals surface area contributed by atoms with Gasteiger partial charge in [0.2, 0.25) is 5.91 Å². The molecule has 0 saturated heterocycles. The zero-order valence-electron chi connectivity index (χ0n) is 11.8. The van der Waals surface area contributed by atoms with Gasteiger partial charge in [-0.05, 0) is 18.2 Å².